The fourth-order valence-corrected chi connectivity index (χ4v) is 4.28. The number of rotatable bonds is 0. The van der Waals surface area contributed by atoms with Crippen molar-refractivity contribution in [1.29, 1.82) is 0 Å². The first-order valence-corrected chi connectivity index (χ1v) is 7.25. The van der Waals surface area contributed by atoms with Crippen LogP contribution in [0.1, 0.15) is 32.1 Å². The van der Waals surface area contributed by atoms with E-state index < -0.39 is 11.6 Å². The number of hydrogen-bond donors (Lipinski definition) is 1. The summed E-state index contributed by atoms with van der Waals surface area (Å²) < 4.78 is 27.4. The molecule has 0 aromatic heterocycles. The van der Waals surface area contributed by atoms with Gasteiger partial charge in [0.2, 0.25) is 0 Å². The van der Waals surface area contributed by atoms with Gasteiger partial charge in [-0.25, -0.2) is 8.78 Å². The molecule has 2 fully saturated rings. The molecule has 3 atom stereocenters. The Morgan fingerprint density at radius 2 is 2.00 bits per heavy atom. The highest BCUT2D eigenvalue weighted by Crippen LogP contribution is 2.47. The largest absolute Gasteiger partial charge is 0.379 e. The van der Waals surface area contributed by atoms with Crippen LogP contribution in [0.2, 0.25) is 0 Å². The summed E-state index contributed by atoms with van der Waals surface area (Å²) in [5, 5.41) is 3.16. The zero-order valence-corrected chi connectivity index (χ0v) is 10.8. The lowest BCUT2D eigenvalue weighted by Crippen LogP contribution is -2.45. The Morgan fingerprint density at radius 3 is 2.89 bits per heavy atom. The standard InChI is InChI=1S/C15H18F2N2/c16-10-6-12(17)15-14(7-10)19-11(8-18-15)5-9-3-1-2-4-13(9)19/h6-7,9,11,13,18H,1-5,8H2. The highest BCUT2D eigenvalue weighted by atomic mass is 19.1. The Kier molecular flexibility index (Phi) is 2.47. The molecule has 0 spiro atoms. The van der Waals surface area contributed by atoms with E-state index in [1.54, 1.807) is 0 Å². The predicted molar refractivity (Wildman–Crippen MR) is 71.5 cm³/mol. The molecule has 1 saturated carbocycles. The Hall–Kier alpha value is -1.32. The van der Waals surface area contributed by atoms with Gasteiger partial charge in [0.1, 0.15) is 5.82 Å². The molecule has 2 aliphatic heterocycles. The average Bonchev–Trinajstić information content (AvgIpc) is 2.77. The molecular formula is C15H18F2N2. The number of anilines is 2. The van der Waals surface area contributed by atoms with E-state index in [9.17, 15) is 8.78 Å². The molecule has 0 radical (unpaired) electrons. The summed E-state index contributed by atoms with van der Waals surface area (Å²) in [5.74, 6) is -0.233. The molecule has 19 heavy (non-hydrogen) atoms. The van der Waals surface area contributed by atoms with Crippen LogP contribution in [0.3, 0.4) is 0 Å². The SMILES string of the molecule is Fc1cc(F)c2c(c1)N1C(CN2)CC2CCCCC21. The van der Waals surface area contributed by atoms with E-state index in [2.05, 4.69) is 10.2 Å². The number of nitrogens with zero attached hydrogens (tertiary/aromatic N) is 1. The third-order valence-corrected chi connectivity index (χ3v) is 5.02. The van der Waals surface area contributed by atoms with E-state index in [0.29, 0.717) is 23.7 Å². The summed E-state index contributed by atoms with van der Waals surface area (Å²) in [6, 6.07) is 3.36. The molecule has 0 bridgehead atoms. The second-order valence-corrected chi connectivity index (χ2v) is 6.07. The smallest absolute Gasteiger partial charge is 0.151 e. The van der Waals surface area contributed by atoms with Crippen molar-refractivity contribution < 1.29 is 8.78 Å². The molecule has 1 aromatic rings. The number of hydrogen-bond acceptors (Lipinski definition) is 2. The molecule has 1 saturated heterocycles. The van der Waals surface area contributed by atoms with Crippen molar-refractivity contribution in [3.63, 3.8) is 0 Å². The van der Waals surface area contributed by atoms with E-state index in [4.69, 9.17) is 0 Å². The lowest BCUT2D eigenvalue weighted by atomic mass is 9.85. The molecule has 1 aliphatic carbocycles. The van der Waals surface area contributed by atoms with Gasteiger partial charge < -0.3 is 10.2 Å². The molecule has 2 heterocycles. The molecule has 4 rings (SSSR count). The minimum absolute atomic E-state index is 0.404. The van der Waals surface area contributed by atoms with Gasteiger partial charge in [-0.3, -0.25) is 0 Å². The van der Waals surface area contributed by atoms with E-state index in [-0.39, 0.29) is 0 Å². The van der Waals surface area contributed by atoms with Gasteiger partial charge in [-0.2, -0.15) is 0 Å². The van der Waals surface area contributed by atoms with Gasteiger partial charge in [0.05, 0.1) is 11.4 Å². The lowest BCUT2D eigenvalue weighted by molar-refractivity contribution is 0.342. The van der Waals surface area contributed by atoms with Crippen LogP contribution < -0.4 is 10.2 Å². The van der Waals surface area contributed by atoms with Gasteiger partial charge >= 0.3 is 0 Å². The Balaban J connectivity index is 1.80. The first-order chi connectivity index (χ1) is 9.24. The molecule has 1 N–H and O–H groups in total. The van der Waals surface area contributed by atoms with Crippen molar-refractivity contribution in [3.8, 4) is 0 Å². The van der Waals surface area contributed by atoms with Crippen LogP contribution in [0.25, 0.3) is 0 Å². The van der Waals surface area contributed by atoms with Gasteiger partial charge in [-0.15, -0.1) is 0 Å². The summed E-state index contributed by atoms with van der Waals surface area (Å²) in [5.41, 5.74) is 1.23. The second kappa shape index (κ2) is 4.09. The van der Waals surface area contributed by atoms with Crippen molar-refractivity contribution in [2.24, 2.45) is 5.92 Å². The Morgan fingerprint density at radius 1 is 1.16 bits per heavy atom. The van der Waals surface area contributed by atoms with Crippen molar-refractivity contribution in [2.45, 2.75) is 44.2 Å². The maximum atomic E-state index is 13.9. The fraction of sp³-hybridized carbons (Fsp3) is 0.600. The van der Waals surface area contributed by atoms with Crippen molar-refractivity contribution in [1.82, 2.24) is 0 Å². The third-order valence-electron chi connectivity index (χ3n) is 5.02. The number of nitrogens with one attached hydrogen (secondary N) is 1. The van der Waals surface area contributed by atoms with Gasteiger partial charge in [-0.05, 0) is 31.2 Å². The molecule has 0 amide bonds. The summed E-state index contributed by atoms with van der Waals surface area (Å²) in [4.78, 5) is 2.31. The van der Waals surface area contributed by atoms with Crippen LogP contribution in [-0.2, 0) is 0 Å². The zero-order chi connectivity index (χ0) is 13.0. The number of benzene rings is 1. The quantitative estimate of drug-likeness (QED) is 0.771. The maximum absolute atomic E-state index is 13.9. The van der Waals surface area contributed by atoms with Crippen molar-refractivity contribution in [2.75, 3.05) is 16.8 Å². The summed E-state index contributed by atoms with van der Waals surface area (Å²) in [6.45, 7) is 0.780. The molecule has 1 aromatic carbocycles. The van der Waals surface area contributed by atoms with E-state index >= 15 is 0 Å². The zero-order valence-electron chi connectivity index (χ0n) is 10.8. The summed E-state index contributed by atoms with van der Waals surface area (Å²) >= 11 is 0. The molecule has 2 nitrogen and oxygen atoms in total. The first kappa shape index (κ1) is 11.5. The number of fused-ring (bicyclic) bond motifs is 5. The molecule has 102 valence electrons. The van der Waals surface area contributed by atoms with Gasteiger partial charge in [0.25, 0.3) is 0 Å². The Labute approximate surface area is 111 Å². The van der Waals surface area contributed by atoms with Gasteiger partial charge in [-0.1, -0.05) is 12.8 Å². The monoisotopic (exact) mass is 264 g/mol. The fourth-order valence-electron chi connectivity index (χ4n) is 4.28. The lowest BCUT2D eigenvalue weighted by Gasteiger charge is -2.40. The molecular weight excluding hydrogens is 246 g/mol. The topological polar surface area (TPSA) is 15.3 Å². The van der Waals surface area contributed by atoms with Gasteiger partial charge in [0.15, 0.2) is 5.82 Å². The van der Waals surface area contributed by atoms with Crippen LogP contribution in [0, 0.1) is 17.6 Å². The van der Waals surface area contributed by atoms with Crippen LogP contribution in [-0.4, -0.2) is 18.6 Å². The van der Waals surface area contributed by atoms with Crippen LogP contribution >= 0.6 is 0 Å². The first-order valence-electron chi connectivity index (χ1n) is 7.25. The van der Waals surface area contributed by atoms with E-state index in [1.165, 1.54) is 31.7 Å². The molecule has 3 unspecified atom stereocenters. The molecule has 3 aliphatic rings. The van der Waals surface area contributed by atoms with Crippen LogP contribution in [0.4, 0.5) is 20.2 Å². The minimum atomic E-state index is -0.474. The molecule has 4 heteroatoms. The highest BCUT2D eigenvalue weighted by Gasteiger charge is 2.44. The van der Waals surface area contributed by atoms with Gasteiger partial charge in [0, 0.05) is 24.7 Å². The van der Waals surface area contributed by atoms with E-state index in [1.807, 2.05) is 0 Å². The van der Waals surface area contributed by atoms with Crippen molar-refractivity contribution in [3.05, 3.63) is 23.8 Å². The Bertz CT molecular complexity index is 517. The predicted octanol–water partition coefficient (Wildman–Crippen LogP) is 3.53. The van der Waals surface area contributed by atoms with Crippen molar-refractivity contribution >= 4 is 11.4 Å². The van der Waals surface area contributed by atoms with Crippen LogP contribution in [0.15, 0.2) is 12.1 Å². The average molecular weight is 264 g/mol. The van der Waals surface area contributed by atoms with Crippen LogP contribution in [0.5, 0.6) is 0 Å². The third kappa shape index (κ3) is 1.65. The minimum Gasteiger partial charge on any atom is -0.379 e. The highest BCUT2D eigenvalue weighted by molar-refractivity contribution is 5.74. The normalized spacial score (nSPS) is 32.3. The summed E-state index contributed by atoms with van der Waals surface area (Å²) in [6.07, 6.45) is 6.14. The summed E-state index contributed by atoms with van der Waals surface area (Å²) in [7, 11) is 0. The van der Waals surface area contributed by atoms with E-state index in [0.717, 1.165) is 24.7 Å². The number of halogens is 2. The maximum Gasteiger partial charge on any atom is 0.151 e. The second-order valence-electron chi connectivity index (χ2n) is 6.07.